The summed E-state index contributed by atoms with van der Waals surface area (Å²) in [5.74, 6) is 1.16. The van der Waals surface area contributed by atoms with Crippen LogP contribution >= 0.6 is 0 Å². The predicted molar refractivity (Wildman–Crippen MR) is 89.7 cm³/mol. The number of nitrogens with two attached hydrogens (primary N) is 1. The topological polar surface area (TPSA) is 102 Å². The Morgan fingerprint density at radius 2 is 2.26 bits per heavy atom. The van der Waals surface area contributed by atoms with Crippen LogP contribution in [0.5, 0.6) is 6.01 Å². The van der Waals surface area contributed by atoms with Crippen molar-refractivity contribution < 1.29 is 4.74 Å². The van der Waals surface area contributed by atoms with Gasteiger partial charge in [0.1, 0.15) is 5.82 Å². The molecule has 0 spiro atoms. The van der Waals surface area contributed by atoms with Gasteiger partial charge in [0.05, 0.1) is 12.3 Å². The number of piperidine rings is 1. The van der Waals surface area contributed by atoms with E-state index in [1.54, 1.807) is 10.7 Å². The zero-order valence-electron chi connectivity index (χ0n) is 13.7. The number of nitrogens with one attached hydrogen (secondary N) is 2. The maximum atomic E-state index is 6.00. The van der Waals surface area contributed by atoms with Crippen molar-refractivity contribution in [3.8, 4) is 6.01 Å². The van der Waals surface area contributed by atoms with Gasteiger partial charge in [0.25, 0.3) is 0 Å². The van der Waals surface area contributed by atoms with Crippen molar-refractivity contribution in [1.29, 1.82) is 0 Å². The van der Waals surface area contributed by atoms with E-state index in [-0.39, 0.29) is 6.10 Å². The van der Waals surface area contributed by atoms with Crippen LogP contribution < -0.4 is 21.1 Å². The lowest BCUT2D eigenvalue weighted by molar-refractivity contribution is 0.190. The van der Waals surface area contributed by atoms with Crippen molar-refractivity contribution in [1.82, 2.24) is 24.9 Å². The second-order valence-electron chi connectivity index (χ2n) is 6.04. The highest BCUT2D eigenvalue weighted by atomic mass is 16.5. The summed E-state index contributed by atoms with van der Waals surface area (Å²) in [5, 5.41) is 11.3. The fourth-order valence-corrected chi connectivity index (χ4v) is 2.85. The Bertz CT molecular complexity index is 651. The standard InChI is InChI=1S/C15H25N7O/c1-3-4-10(2)23-15-20-13(16)14-18-9-12(22(14)21-15)19-11-5-7-17-8-6-11/h9-11,17,19H,3-8H2,1-2H3,(H2,16,20,21)/t10-/m0/s1. The van der Waals surface area contributed by atoms with Gasteiger partial charge in [-0.25, -0.2) is 4.98 Å². The molecule has 2 aromatic rings. The zero-order chi connectivity index (χ0) is 16.2. The number of rotatable bonds is 6. The van der Waals surface area contributed by atoms with Gasteiger partial charge in [-0.3, -0.25) is 0 Å². The summed E-state index contributed by atoms with van der Waals surface area (Å²) < 4.78 is 7.46. The Morgan fingerprint density at radius 3 is 3.00 bits per heavy atom. The highest BCUT2D eigenvalue weighted by Crippen LogP contribution is 2.20. The number of ether oxygens (including phenoxy) is 1. The van der Waals surface area contributed by atoms with Crippen molar-refractivity contribution in [2.75, 3.05) is 24.1 Å². The number of anilines is 2. The molecule has 8 nitrogen and oxygen atoms in total. The molecule has 1 saturated heterocycles. The summed E-state index contributed by atoms with van der Waals surface area (Å²) >= 11 is 0. The number of hydrogen-bond acceptors (Lipinski definition) is 7. The van der Waals surface area contributed by atoms with E-state index in [0.29, 0.717) is 23.5 Å². The number of nitrogen functional groups attached to an aromatic ring is 1. The molecule has 1 aliphatic heterocycles. The van der Waals surface area contributed by atoms with E-state index in [0.717, 1.165) is 44.6 Å². The van der Waals surface area contributed by atoms with E-state index in [9.17, 15) is 0 Å². The first-order valence-corrected chi connectivity index (χ1v) is 8.32. The summed E-state index contributed by atoms with van der Waals surface area (Å²) in [7, 11) is 0. The molecule has 0 unspecified atom stereocenters. The van der Waals surface area contributed by atoms with Gasteiger partial charge < -0.3 is 21.1 Å². The van der Waals surface area contributed by atoms with Crippen LogP contribution in [0.3, 0.4) is 0 Å². The molecule has 0 saturated carbocycles. The van der Waals surface area contributed by atoms with Crippen molar-refractivity contribution in [2.24, 2.45) is 0 Å². The second-order valence-corrected chi connectivity index (χ2v) is 6.04. The summed E-state index contributed by atoms with van der Waals surface area (Å²) in [4.78, 5) is 8.53. The van der Waals surface area contributed by atoms with Crippen LogP contribution in [-0.2, 0) is 0 Å². The molecule has 2 aromatic heterocycles. The molecule has 1 fully saturated rings. The third kappa shape index (κ3) is 3.64. The Morgan fingerprint density at radius 1 is 1.48 bits per heavy atom. The van der Waals surface area contributed by atoms with Crippen LogP contribution in [0, 0.1) is 0 Å². The van der Waals surface area contributed by atoms with Crippen molar-refractivity contribution >= 4 is 17.3 Å². The van der Waals surface area contributed by atoms with E-state index < -0.39 is 0 Å². The molecule has 3 rings (SSSR count). The van der Waals surface area contributed by atoms with Crippen LogP contribution in [0.25, 0.3) is 5.65 Å². The fourth-order valence-electron chi connectivity index (χ4n) is 2.85. The Kier molecular flexibility index (Phi) is 4.80. The van der Waals surface area contributed by atoms with Crippen molar-refractivity contribution in [3.63, 3.8) is 0 Å². The third-order valence-corrected chi connectivity index (χ3v) is 4.06. The first-order chi connectivity index (χ1) is 11.2. The maximum Gasteiger partial charge on any atom is 0.336 e. The van der Waals surface area contributed by atoms with Gasteiger partial charge in [0.2, 0.25) is 0 Å². The zero-order valence-corrected chi connectivity index (χ0v) is 13.7. The third-order valence-electron chi connectivity index (χ3n) is 4.06. The first-order valence-electron chi connectivity index (χ1n) is 8.32. The molecule has 0 amide bonds. The van der Waals surface area contributed by atoms with E-state index in [2.05, 4.69) is 32.6 Å². The molecule has 1 atom stereocenters. The number of imidazole rings is 1. The van der Waals surface area contributed by atoms with Crippen molar-refractivity contribution in [3.05, 3.63) is 6.20 Å². The molecule has 0 radical (unpaired) electrons. The lowest BCUT2D eigenvalue weighted by atomic mass is 10.1. The normalized spacial score (nSPS) is 17.3. The monoisotopic (exact) mass is 319 g/mol. The van der Waals surface area contributed by atoms with Crippen molar-refractivity contribution in [2.45, 2.75) is 51.7 Å². The van der Waals surface area contributed by atoms with Crippen LogP contribution in [0.4, 0.5) is 11.6 Å². The van der Waals surface area contributed by atoms with Gasteiger partial charge in [-0.2, -0.15) is 9.50 Å². The van der Waals surface area contributed by atoms with Gasteiger partial charge in [0.15, 0.2) is 11.5 Å². The molecule has 4 N–H and O–H groups in total. The van der Waals surface area contributed by atoms with E-state index in [1.165, 1.54) is 0 Å². The summed E-state index contributed by atoms with van der Waals surface area (Å²) in [6.45, 7) is 6.17. The average Bonchev–Trinajstić information content (AvgIpc) is 2.92. The van der Waals surface area contributed by atoms with Gasteiger partial charge in [-0.15, -0.1) is 5.10 Å². The number of nitrogens with zero attached hydrogens (tertiary/aromatic N) is 4. The Balaban J connectivity index is 1.83. The molecular formula is C15H25N7O. The van der Waals surface area contributed by atoms with Gasteiger partial charge in [-0.1, -0.05) is 13.3 Å². The van der Waals surface area contributed by atoms with E-state index in [1.807, 2.05) is 6.92 Å². The summed E-state index contributed by atoms with van der Waals surface area (Å²) in [6.07, 6.45) is 5.95. The smallest absolute Gasteiger partial charge is 0.336 e. The molecule has 23 heavy (non-hydrogen) atoms. The maximum absolute atomic E-state index is 6.00. The minimum atomic E-state index is 0.0567. The Labute approximate surface area is 135 Å². The molecule has 1 aliphatic rings. The molecule has 0 bridgehead atoms. The van der Waals surface area contributed by atoms with Crippen LogP contribution in [0.1, 0.15) is 39.5 Å². The van der Waals surface area contributed by atoms with Crippen LogP contribution in [0.2, 0.25) is 0 Å². The molecule has 0 aliphatic carbocycles. The molecule has 0 aromatic carbocycles. The van der Waals surface area contributed by atoms with Crippen LogP contribution in [0.15, 0.2) is 6.20 Å². The largest absolute Gasteiger partial charge is 0.459 e. The molecule has 126 valence electrons. The second kappa shape index (κ2) is 6.99. The van der Waals surface area contributed by atoms with Crippen LogP contribution in [-0.4, -0.2) is 44.8 Å². The number of aromatic nitrogens is 4. The van der Waals surface area contributed by atoms with E-state index in [4.69, 9.17) is 10.5 Å². The minimum Gasteiger partial charge on any atom is -0.459 e. The lowest BCUT2D eigenvalue weighted by Gasteiger charge is -2.24. The number of hydrogen-bond donors (Lipinski definition) is 3. The van der Waals surface area contributed by atoms with Gasteiger partial charge in [-0.05, 0) is 39.3 Å². The van der Waals surface area contributed by atoms with Gasteiger partial charge >= 0.3 is 6.01 Å². The SMILES string of the molecule is CCC[C@H](C)Oc1nc(N)c2ncc(NC3CCNCC3)n2n1. The Hall–Kier alpha value is -2.09. The number of fused-ring (bicyclic) bond motifs is 1. The first kappa shape index (κ1) is 15.8. The average molecular weight is 319 g/mol. The van der Waals surface area contributed by atoms with Gasteiger partial charge in [0, 0.05) is 6.04 Å². The lowest BCUT2D eigenvalue weighted by Crippen LogP contribution is -2.35. The molecule has 3 heterocycles. The highest BCUT2D eigenvalue weighted by molar-refractivity contribution is 5.63. The molecule has 8 heteroatoms. The minimum absolute atomic E-state index is 0.0567. The highest BCUT2D eigenvalue weighted by Gasteiger charge is 2.17. The summed E-state index contributed by atoms with van der Waals surface area (Å²) in [6, 6.07) is 0.707. The molecular weight excluding hydrogens is 294 g/mol. The quantitative estimate of drug-likeness (QED) is 0.740. The summed E-state index contributed by atoms with van der Waals surface area (Å²) in [5.41, 5.74) is 6.55. The van der Waals surface area contributed by atoms with E-state index >= 15 is 0 Å². The predicted octanol–water partition coefficient (Wildman–Crippen LogP) is 1.44. The fraction of sp³-hybridized carbons (Fsp3) is 0.667.